The summed E-state index contributed by atoms with van der Waals surface area (Å²) in [6.45, 7) is 0.497. The Bertz CT molecular complexity index is 165. The van der Waals surface area contributed by atoms with Crippen LogP contribution in [-0.2, 0) is 9.53 Å². The second kappa shape index (κ2) is 3.97. The van der Waals surface area contributed by atoms with Crippen LogP contribution in [0.3, 0.4) is 0 Å². The predicted octanol–water partition coefficient (Wildman–Crippen LogP) is 1.24. The number of hydrogen-bond acceptors (Lipinski definition) is 3. The molecular formula is C8H11NO2. The molecule has 1 aliphatic carbocycles. The van der Waals surface area contributed by atoms with Gasteiger partial charge in [0.15, 0.2) is 0 Å². The van der Waals surface area contributed by atoms with Gasteiger partial charge in [-0.15, -0.1) is 0 Å². The Balaban J connectivity index is 2.25. The van der Waals surface area contributed by atoms with Gasteiger partial charge >= 0.3 is 0 Å². The van der Waals surface area contributed by atoms with E-state index < -0.39 is 0 Å². The molecule has 0 bridgehead atoms. The van der Waals surface area contributed by atoms with Crippen LogP contribution in [0, 0.1) is 17.2 Å². The lowest BCUT2D eigenvalue weighted by Gasteiger charge is -2.22. The number of nitrogens with zero attached hydrogens (tertiary/aromatic N) is 1. The first-order valence-electron chi connectivity index (χ1n) is 3.85. The summed E-state index contributed by atoms with van der Waals surface area (Å²) < 4.78 is 4.79. The van der Waals surface area contributed by atoms with Crippen molar-refractivity contribution in [3.05, 3.63) is 0 Å². The molecule has 0 aliphatic heterocycles. The zero-order valence-electron chi connectivity index (χ0n) is 6.32. The molecule has 0 unspecified atom stereocenters. The van der Waals surface area contributed by atoms with Crippen LogP contribution in [0.2, 0.25) is 0 Å². The topological polar surface area (TPSA) is 50.1 Å². The SMILES string of the molecule is N#CC1CCC(OC=O)CC1. The monoisotopic (exact) mass is 153 g/mol. The van der Waals surface area contributed by atoms with Crippen molar-refractivity contribution in [1.82, 2.24) is 0 Å². The molecular weight excluding hydrogens is 142 g/mol. The maximum absolute atomic E-state index is 9.94. The molecule has 3 nitrogen and oxygen atoms in total. The Morgan fingerprint density at radius 2 is 2.00 bits per heavy atom. The summed E-state index contributed by atoms with van der Waals surface area (Å²) in [5, 5.41) is 8.55. The Morgan fingerprint density at radius 1 is 1.36 bits per heavy atom. The first-order valence-corrected chi connectivity index (χ1v) is 3.85. The molecule has 0 heterocycles. The normalized spacial score (nSPS) is 30.5. The standard InChI is InChI=1S/C8H11NO2/c9-5-7-1-3-8(4-2-7)11-6-10/h6-8H,1-4H2. The van der Waals surface area contributed by atoms with E-state index in [1.165, 1.54) is 0 Å². The Kier molecular flexibility index (Phi) is 2.91. The Labute approximate surface area is 66.0 Å². The van der Waals surface area contributed by atoms with Gasteiger partial charge in [0.05, 0.1) is 6.07 Å². The molecule has 0 spiro atoms. The Hall–Kier alpha value is -1.04. The van der Waals surface area contributed by atoms with E-state index in [0.717, 1.165) is 25.7 Å². The largest absolute Gasteiger partial charge is 0.465 e. The molecule has 0 amide bonds. The van der Waals surface area contributed by atoms with Crippen molar-refractivity contribution < 1.29 is 9.53 Å². The fourth-order valence-corrected chi connectivity index (χ4v) is 1.41. The first-order chi connectivity index (χ1) is 5.36. The average Bonchev–Trinajstić information content (AvgIpc) is 2.07. The van der Waals surface area contributed by atoms with Gasteiger partial charge in [0, 0.05) is 5.92 Å². The lowest BCUT2D eigenvalue weighted by atomic mass is 9.88. The van der Waals surface area contributed by atoms with Gasteiger partial charge in [-0.05, 0) is 25.7 Å². The molecule has 3 heteroatoms. The van der Waals surface area contributed by atoms with E-state index in [9.17, 15) is 4.79 Å². The maximum Gasteiger partial charge on any atom is 0.293 e. The van der Waals surface area contributed by atoms with Crippen molar-refractivity contribution in [2.75, 3.05) is 0 Å². The summed E-state index contributed by atoms with van der Waals surface area (Å²) >= 11 is 0. The van der Waals surface area contributed by atoms with Gasteiger partial charge in [0.2, 0.25) is 0 Å². The van der Waals surface area contributed by atoms with Crippen LogP contribution < -0.4 is 0 Å². The number of nitriles is 1. The van der Waals surface area contributed by atoms with Gasteiger partial charge in [-0.2, -0.15) is 5.26 Å². The highest BCUT2D eigenvalue weighted by molar-refractivity contribution is 5.37. The third-order valence-corrected chi connectivity index (χ3v) is 2.10. The quantitative estimate of drug-likeness (QED) is 0.561. The number of carbonyl (C=O) groups is 1. The van der Waals surface area contributed by atoms with Gasteiger partial charge in [0.1, 0.15) is 6.10 Å². The molecule has 60 valence electrons. The van der Waals surface area contributed by atoms with Gasteiger partial charge < -0.3 is 4.74 Å². The van der Waals surface area contributed by atoms with Gasteiger partial charge in [-0.3, -0.25) is 4.79 Å². The smallest absolute Gasteiger partial charge is 0.293 e. The number of ether oxygens (including phenoxy) is 1. The molecule has 0 saturated heterocycles. The van der Waals surface area contributed by atoms with E-state index >= 15 is 0 Å². The number of hydrogen-bond donors (Lipinski definition) is 0. The maximum atomic E-state index is 9.94. The molecule has 0 aromatic rings. The second-order valence-electron chi connectivity index (χ2n) is 2.84. The summed E-state index contributed by atoms with van der Waals surface area (Å²) in [6.07, 6.45) is 3.50. The van der Waals surface area contributed by atoms with Crippen LogP contribution in [0.25, 0.3) is 0 Å². The van der Waals surface area contributed by atoms with E-state index in [1.807, 2.05) is 0 Å². The van der Waals surface area contributed by atoms with E-state index in [0.29, 0.717) is 6.47 Å². The van der Waals surface area contributed by atoms with E-state index in [4.69, 9.17) is 10.00 Å². The highest BCUT2D eigenvalue weighted by Gasteiger charge is 2.21. The molecule has 0 radical (unpaired) electrons. The summed E-state index contributed by atoms with van der Waals surface area (Å²) in [5.74, 6) is 0.182. The minimum atomic E-state index is 0.0668. The zero-order chi connectivity index (χ0) is 8.10. The molecule has 0 aromatic heterocycles. The predicted molar refractivity (Wildman–Crippen MR) is 38.5 cm³/mol. The van der Waals surface area contributed by atoms with Crippen molar-refractivity contribution in [2.45, 2.75) is 31.8 Å². The van der Waals surface area contributed by atoms with Crippen LogP contribution in [0.15, 0.2) is 0 Å². The van der Waals surface area contributed by atoms with Gasteiger partial charge in [0.25, 0.3) is 6.47 Å². The number of rotatable bonds is 2. The molecule has 1 fully saturated rings. The zero-order valence-corrected chi connectivity index (χ0v) is 6.32. The molecule has 1 aliphatic rings. The average molecular weight is 153 g/mol. The van der Waals surface area contributed by atoms with Crippen LogP contribution >= 0.6 is 0 Å². The third-order valence-electron chi connectivity index (χ3n) is 2.10. The van der Waals surface area contributed by atoms with Crippen molar-refractivity contribution in [2.24, 2.45) is 5.92 Å². The second-order valence-corrected chi connectivity index (χ2v) is 2.84. The number of carbonyl (C=O) groups excluding carboxylic acids is 1. The fraction of sp³-hybridized carbons (Fsp3) is 0.750. The summed E-state index contributed by atoms with van der Waals surface area (Å²) in [5.41, 5.74) is 0. The summed E-state index contributed by atoms with van der Waals surface area (Å²) in [6, 6.07) is 2.22. The third kappa shape index (κ3) is 2.23. The van der Waals surface area contributed by atoms with Crippen LogP contribution in [-0.4, -0.2) is 12.6 Å². The molecule has 0 N–H and O–H groups in total. The van der Waals surface area contributed by atoms with Crippen LogP contribution in [0.1, 0.15) is 25.7 Å². The molecule has 0 aromatic carbocycles. The van der Waals surface area contributed by atoms with E-state index in [2.05, 4.69) is 6.07 Å². The summed E-state index contributed by atoms with van der Waals surface area (Å²) in [4.78, 5) is 9.94. The molecule has 1 rings (SSSR count). The van der Waals surface area contributed by atoms with Crippen molar-refractivity contribution >= 4 is 6.47 Å². The van der Waals surface area contributed by atoms with Gasteiger partial charge in [-0.1, -0.05) is 0 Å². The minimum absolute atomic E-state index is 0.0668. The van der Waals surface area contributed by atoms with Crippen molar-refractivity contribution in [3.63, 3.8) is 0 Å². The molecule has 0 atom stereocenters. The lowest BCUT2D eigenvalue weighted by Crippen LogP contribution is -2.20. The highest BCUT2D eigenvalue weighted by atomic mass is 16.5. The van der Waals surface area contributed by atoms with Crippen molar-refractivity contribution in [1.29, 1.82) is 5.26 Å². The van der Waals surface area contributed by atoms with E-state index in [-0.39, 0.29) is 12.0 Å². The first kappa shape index (κ1) is 8.06. The Morgan fingerprint density at radius 3 is 2.45 bits per heavy atom. The summed E-state index contributed by atoms with van der Waals surface area (Å²) in [7, 11) is 0. The fourth-order valence-electron chi connectivity index (χ4n) is 1.41. The molecule has 1 saturated carbocycles. The van der Waals surface area contributed by atoms with Crippen molar-refractivity contribution in [3.8, 4) is 6.07 Å². The van der Waals surface area contributed by atoms with Gasteiger partial charge in [-0.25, -0.2) is 0 Å². The van der Waals surface area contributed by atoms with E-state index in [1.54, 1.807) is 0 Å². The minimum Gasteiger partial charge on any atom is -0.465 e. The van der Waals surface area contributed by atoms with Crippen LogP contribution in [0.5, 0.6) is 0 Å². The molecule has 11 heavy (non-hydrogen) atoms. The van der Waals surface area contributed by atoms with Crippen LogP contribution in [0.4, 0.5) is 0 Å². The lowest BCUT2D eigenvalue weighted by molar-refractivity contribution is -0.135. The highest BCUT2D eigenvalue weighted by Crippen LogP contribution is 2.24.